The fourth-order valence-electron chi connectivity index (χ4n) is 3.63. The van der Waals surface area contributed by atoms with E-state index in [1.54, 1.807) is 0 Å². The van der Waals surface area contributed by atoms with Crippen LogP contribution in [0.4, 0.5) is 0 Å². The third-order valence-electron chi connectivity index (χ3n) is 4.49. The summed E-state index contributed by atoms with van der Waals surface area (Å²) in [7, 11) is 0. The highest BCUT2D eigenvalue weighted by Crippen LogP contribution is 2.20. The summed E-state index contributed by atoms with van der Waals surface area (Å²) in [6, 6.07) is 0. The molecule has 5 nitrogen and oxygen atoms in total. The summed E-state index contributed by atoms with van der Waals surface area (Å²) < 4.78 is 5.63. The quantitative estimate of drug-likeness (QED) is 0.380. The molecule has 2 saturated heterocycles. The van der Waals surface area contributed by atoms with Crippen molar-refractivity contribution in [2.75, 3.05) is 45.9 Å². The van der Waals surface area contributed by atoms with Crippen LogP contribution in [0.5, 0.6) is 0 Å². The Morgan fingerprint density at radius 2 is 1.96 bits per heavy atom. The number of guanidine groups is 1. The molecule has 136 valence electrons. The summed E-state index contributed by atoms with van der Waals surface area (Å²) >= 11 is 0. The lowest BCUT2D eigenvalue weighted by Gasteiger charge is -2.35. The molecular formula is C17H35IN4O. The molecule has 0 aromatic rings. The minimum Gasteiger partial charge on any atom is -0.376 e. The topological polar surface area (TPSA) is 48.9 Å². The Bertz CT molecular complexity index is 337. The summed E-state index contributed by atoms with van der Waals surface area (Å²) in [6.07, 6.45) is 4.01. The SMILES string of the molecule is CCNC(=NCC1CCCO1)NCCN1CC(C)CC(C)C1.I. The molecule has 2 fully saturated rings. The van der Waals surface area contributed by atoms with E-state index in [-0.39, 0.29) is 24.0 Å². The number of aliphatic imine (C=N–C) groups is 1. The van der Waals surface area contributed by atoms with Crippen molar-refractivity contribution in [1.29, 1.82) is 0 Å². The highest BCUT2D eigenvalue weighted by molar-refractivity contribution is 14.0. The van der Waals surface area contributed by atoms with E-state index in [1.807, 2.05) is 0 Å². The van der Waals surface area contributed by atoms with Gasteiger partial charge in [-0.1, -0.05) is 13.8 Å². The Labute approximate surface area is 159 Å². The van der Waals surface area contributed by atoms with E-state index < -0.39 is 0 Å². The van der Waals surface area contributed by atoms with E-state index in [9.17, 15) is 0 Å². The molecule has 0 saturated carbocycles. The highest BCUT2D eigenvalue weighted by atomic mass is 127. The van der Waals surface area contributed by atoms with Crippen LogP contribution in [0, 0.1) is 11.8 Å². The maximum Gasteiger partial charge on any atom is 0.191 e. The van der Waals surface area contributed by atoms with Crippen molar-refractivity contribution in [1.82, 2.24) is 15.5 Å². The van der Waals surface area contributed by atoms with E-state index in [2.05, 4.69) is 41.3 Å². The van der Waals surface area contributed by atoms with Crippen LogP contribution in [0.25, 0.3) is 0 Å². The van der Waals surface area contributed by atoms with Crippen LogP contribution in [0.1, 0.15) is 40.0 Å². The second kappa shape index (κ2) is 11.5. The number of hydrogen-bond acceptors (Lipinski definition) is 3. The molecule has 0 spiro atoms. The number of likely N-dealkylation sites (tertiary alicyclic amines) is 1. The van der Waals surface area contributed by atoms with Crippen LogP contribution in [0.2, 0.25) is 0 Å². The van der Waals surface area contributed by atoms with Gasteiger partial charge >= 0.3 is 0 Å². The van der Waals surface area contributed by atoms with Gasteiger partial charge < -0.3 is 20.3 Å². The average molecular weight is 438 g/mol. The summed E-state index contributed by atoms with van der Waals surface area (Å²) in [4.78, 5) is 7.24. The van der Waals surface area contributed by atoms with Gasteiger partial charge in [-0.2, -0.15) is 0 Å². The lowest BCUT2D eigenvalue weighted by molar-refractivity contribution is 0.117. The van der Waals surface area contributed by atoms with Gasteiger partial charge in [-0.3, -0.25) is 4.99 Å². The molecule has 0 radical (unpaired) electrons. The predicted octanol–water partition coefficient (Wildman–Crippen LogP) is 2.32. The number of piperidine rings is 1. The lowest BCUT2D eigenvalue weighted by Crippen LogP contribution is -2.45. The standard InChI is InChI=1S/C17H34N4O.HI/c1-4-18-17(20-11-16-6-5-9-22-16)19-7-8-21-12-14(2)10-15(3)13-21;/h14-16H,4-13H2,1-3H3,(H2,18,19,20);1H. The van der Waals surface area contributed by atoms with Crippen LogP contribution >= 0.6 is 24.0 Å². The third kappa shape index (κ3) is 8.03. The van der Waals surface area contributed by atoms with E-state index in [0.717, 1.165) is 57.0 Å². The average Bonchev–Trinajstić information content (AvgIpc) is 2.97. The second-order valence-corrected chi connectivity index (χ2v) is 6.99. The minimum absolute atomic E-state index is 0. The first-order valence-corrected chi connectivity index (χ1v) is 9.03. The van der Waals surface area contributed by atoms with Crippen LogP contribution in [-0.2, 0) is 4.74 Å². The number of ether oxygens (including phenoxy) is 1. The molecule has 0 aromatic carbocycles. The molecule has 0 aliphatic carbocycles. The van der Waals surface area contributed by atoms with Gasteiger partial charge in [-0.15, -0.1) is 24.0 Å². The zero-order valence-corrected chi connectivity index (χ0v) is 17.3. The Morgan fingerprint density at radius 3 is 2.57 bits per heavy atom. The second-order valence-electron chi connectivity index (χ2n) is 6.99. The van der Waals surface area contributed by atoms with Gasteiger partial charge in [0.1, 0.15) is 0 Å². The smallest absolute Gasteiger partial charge is 0.191 e. The van der Waals surface area contributed by atoms with Gasteiger partial charge in [0, 0.05) is 39.3 Å². The van der Waals surface area contributed by atoms with Gasteiger partial charge in [-0.05, 0) is 38.0 Å². The fraction of sp³-hybridized carbons (Fsp3) is 0.941. The lowest BCUT2D eigenvalue weighted by atomic mass is 9.92. The van der Waals surface area contributed by atoms with Gasteiger partial charge in [0.05, 0.1) is 12.6 Å². The molecule has 23 heavy (non-hydrogen) atoms. The van der Waals surface area contributed by atoms with E-state index in [4.69, 9.17) is 4.74 Å². The summed E-state index contributed by atoms with van der Waals surface area (Å²) in [6.45, 7) is 13.9. The van der Waals surface area contributed by atoms with Gasteiger partial charge in [0.2, 0.25) is 0 Å². The molecule has 0 aromatic heterocycles. The van der Waals surface area contributed by atoms with E-state index >= 15 is 0 Å². The molecule has 2 aliphatic rings. The van der Waals surface area contributed by atoms with Crippen LogP contribution in [-0.4, -0.2) is 62.8 Å². The van der Waals surface area contributed by atoms with Crippen LogP contribution in [0.15, 0.2) is 4.99 Å². The van der Waals surface area contributed by atoms with Crippen molar-refractivity contribution in [3.63, 3.8) is 0 Å². The zero-order valence-electron chi connectivity index (χ0n) is 15.0. The first-order valence-electron chi connectivity index (χ1n) is 9.03. The van der Waals surface area contributed by atoms with Crippen molar-refractivity contribution < 1.29 is 4.74 Å². The molecule has 3 unspecified atom stereocenters. The molecule has 2 heterocycles. The summed E-state index contributed by atoms with van der Waals surface area (Å²) in [5.41, 5.74) is 0. The Morgan fingerprint density at radius 1 is 1.22 bits per heavy atom. The first-order chi connectivity index (χ1) is 10.7. The van der Waals surface area contributed by atoms with Crippen molar-refractivity contribution in [2.45, 2.75) is 46.1 Å². The predicted molar refractivity (Wildman–Crippen MR) is 108 cm³/mol. The molecule has 2 aliphatic heterocycles. The number of halogens is 1. The largest absolute Gasteiger partial charge is 0.376 e. The molecule has 2 N–H and O–H groups in total. The van der Waals surface area contributed by atoms with Gasteiger partial charge in [-0.25, -0.2) is 0 Å². The highest BCUT2D eigenvalue weighted by Gasteiger charge is 2.21. The summed E-state index contributed by atoms with van der Waals surface area (Å²) in [5.74, 6) is 2.58. The number of hydrogen-bond donors (Lipinski definition) is 2. The molecular weight excluding hydrogens is 403 g/mol. The van der Waals surface area contributed by atoms with Crippen molar-refractivity contribution in [3.05, 3.63) is 0 Å². The molecule has 0 bridgehead atoms. The minimum atomic E-state index is 0. The number of nitrogens with one attached hydrogen (secondary N) is 2. The molecule has 0 amide bonds. The Balaban J connectivity index is 0.00000264. The number of rotatable bonds is 6. The Kier molecular flexibility index (Phi) is 10.5. The fourth-order valence-corrected chi connectivity index (χ4v) is 3.63. The maximum atomic E-state index is 5.63. The Hall–Kier alpha value is -0.0800. The van der Waals surface area contributed by atoms with Crippen molar-refractivity contribution >= 4 is 29.9 Å². The van der Waals surface area contributed by atoms with Gasteiger partial charge in [0.25, 0.3) is 0 Å². The van der Waals surface area contributed by atoms with Crippen molar-refractivity contribution in [3.8, 4) is 0 Å². The van der Waals surface area contributed by atoms with E-state index in [1.165, 1.54) is 25.9 Å². The van der Waals surface area contributed by atoms with E-state index in [0.29, 0.717) is 6.10 Å². The van der Waals surface area contributed by atoms with Crippen LogP contribution < -0.4 is 10.6 Å². The normalized spacial score (nSPS) is 29.2. The maximum absolute atomic E-state index is 5.63. The zero-order chi connectivity index (χ0) is 15.8. The van der Waals surface area contributed by atoms with Gasteiger partial charge in [0.15, 0.2) is 5.96 Å². The molecule has 2 rings (SSSR count). The molecule has 3 atom stereocenters. The van der Waals surface area contributed by atoms with Crippen molar-refractivity contribution in [2.24, 2.45) is 16.8 Å². The summed E-state index contributed by atoms with van der Waals surface area (Å²) in [5, 5.41) is 6.79. The monoisotopic (exact) mass is 438 g/mol. The third-order valence-corrected chi connectivity index (χ3v) is 4.49. The number of nitrogens with zero attached hydrogens (tertiary/aromatic N) is 2. The van der Waals surface area contributed by atoms with Crippen LogP contribution in [0.3, 0.4) is 0 Å². The molecule has 6 heteroatoms. The first kappa shape index (κ1) is 21.0.